The maximum absolute atomic E-state index is 12.1. The number of benzene rings is 2. The zero-order chi connectivity index (χ0) is 20.6. The van der Waals surface area contributed by atoms with Crippen molar-refractivity contribution in [3.63, 3.8) is 0 Å². The molecule has 6 heteroatoms. The molecule has 30 heavy (non-hydrogen) atoms. The third kappa shape index (κ3) is 3.42. The summed E-state index contributed by atoms with van der Waals surface area (Å²) in [5, 5.41) is 14.5. The molecule has 1 spiro atoms. The van der Waals surface area contributed by atoms with Crippen molar-refractivity contribution in [2.24, 2.45) is 0 Å². The number of carbonyl (C=O) groups is 1. The van der Waals surface area contributed by atoms with Crippen LogP contribution in [-0.4, -0.2) is 41.4 Å². The van der Waals surface area contributed by atoms with Crippen LogP contribution in [0.1, 0.15) is 30.9 Å². The molecule has 1 fully saturated rings. The lowest BCUT2D eigenvalue weighted by atomic mass is 9.81. The molecule has 1 aromatic heterocycles. The van der Waals surface area contributed by atoms with E-state index in [0.717, 1.165) is 46.1 Å². The number of fused-ring (bicyclic) bond motifs is 2. The highest BCUT2D eigenvalue weighted by atomic mass is 16.5. The number of ether oxygens (including phenoxy) is 2. The summed E-state index contributed by atoms with van der Waals surface area (Å²) in [4.78, 5) is 16.3. The van der Waals surface area contributed by atoms with Gasteiger partial charge < -0.3 is 19.9 Å². The number of hydrogen-bond acceptors (Lipinski definition) is 5. The molecule has 1 saturated heterocycles. The summed E-state index contributed by atoms with van der Waals surface area (Å²) in [5.74, 6) is 0.411. The minimum Gasteiger partial charge on any atom is -0.487 e. The Labute approximate surface area is 174 Å². The van der Waals surface area contributed by atoms with Gasteiger partial charge in [0.25, 0.3) is 0 Å². The second-order valence-electron chi connectivity index (χ2n) is 8.03. The average molecular weight is 404 g/mol. The summed E-state index contributed by atoms with van der Waals surface area (Å²) < 4.78 is 12.0. The molecule has 154 valence electrons. The summed E-state index contributed by atoms with van der Waals surface area (Å²) in [5.41, 5.74) is 2.76. The van der Waals surface area contributed by atoms with Gasteiger partial charge in [-0.15, -0.1) is 0 Å². The van der Waals surface area contributed by atoms with E-state index in [0.29, 0.717) is 19.6 Å². The Morgan fingerprint density at radius 3 is 2.90 bits per heavy atom. The Balaban J connectivity index is 1.58. The fourth-order valence-corrected chi connectivity index (χ4v) is 4.63. The first-order valence-electron chi connectivity index (χ1n) is 10.3. The van der Waals surface area contributed by atoms with Crippen LogP contribution in [0.3, 0.4) is 0 Å². The van der Waals surface area contributed by atoms with Crippen molar-refractivity contribution in [1.29, 1.82) is 0 Å². The highest BCUT2D eigenvalue weighted by molar-refractivity contribution is 5.96. The maximum Gasteiger partial charge on any atom is 0.246 e. The standard InChI is InChI=1S/C24H24N2O4/c27-15-23(28)26-21-13-24(7-10-29-11-8-24)30-22-5-4-16(12-20(21)22)18-3-1-2-17-14-25-9-6-19(17)18/h1-6,9,12,14,21,27H,7-8,10-11,13,15H2,(H,26,28). The molecule has 3 heterocycles. The number of aliphatic hydroxyl groups is 1. The molecule has 0 radical (unpaired) electrons. The lowest BCUT2D eigenvalue weighted by molar-refractivity contribution is -0.125. The first-order chi connectivity index (χ1) is 14.7. The Morgan fingerprint density at radius 1 is 1.20 bits per heavy atom. The molecular weight excluding hydrogens is 380 g/mol. The number of amides is 1. The molecule has 0 aliphatic carbocycles. The molecule has 6 nitrogen and oxygen atoms in total. The number of rotatable bonds is 3. The predicted molar refractivity (Wildman–Crippen MR) is 113 cm³/mol. The van der Waals surface area contributed by atoms with Crippen molar-refractivity contribution < 1.29 is 19.4 Å². The molecule has 5 rings (SSSR count). The van der Waals surface area contributed by atoms with Gasteiger partial charge in [-0.25, -0.2) is 0 Å². The number of aliphatic hydroxyl groups excluding tert-OH is 1. The summed E-state index contributed by atoms with van der Waals surface area (Å²) in [6, 6.07) is 14.1. The second-order valence-corrected chi connectivity index (χ2v) is 8.03. The first kappa shape index (κ1) is 19.0. The number of nitrogens with zero attached hydrogens (tertiary/aromatic N) is 1. The molecular formula is C24H24N2O4. The third-order valence-corrected chi connectivity index (χ3v) is 6.16. The number of hydrogen-bond donors (Lipinski definition) is 2. The Hall–Kier alpha value is -2.96. The van der Waals surface area contributed by atoms with Crippen molar-refractivity contribution in [2.45, 2.75) is 30.9 Å². The number of pyridine rings is 1. The van der Waals surface area contributed by atoms with Crippen molar-refractivity contribution in [2.75, 3.05) is 19.8 Å². The van der Waals surface area contributed by atoms with E-state index in [4.69, 9.17) is 9.47 Å². The van der Waals surface area contributed by atoms with E-state index in [1.165, 1.54) is 0 Å². The van der Waals surface area contributed by atoms with Crippen LogP contribution in [0.25, 0.3) is 21.9 Å². The number of carbonyl (C=O) groups excluding carboxylic acids is 1. The second kappa shape index (κ2) is 7.70. The van der Waals surface area contributed by atoms with Gasteiger partial charge in [0, 0.05) is 42.6 Å². The monoisotopic (exact) mass is 404 g/mol. The minimum atomic E-state index is -0.529. The van der Waals surface area contributed by atoms with Gasteiger partial charge in [-0.05, 0) is 34.7 Å². The van der Waals surface area contributed by atoms with Gasteiger partial charge in [-0.1, -0.05) is 24.3 Å². The minimum absolute atomic E-state index is 0.219. The van der Waals surface area contributed by atoms with Crippen LogP contribution in [0.15, 0.2) is 54.9 Å². The highest BCUT2D eigenvalue weighted by Gasteiger charge is 2.42. The average Bonchev–Trinajstić information content (AvgIpc) is 2.79. The van der Waals surface area contributed by atoms with Crippen LogP contribution < -0.4 is 10.1 Å². The van der Waals surface area contributed by atoms with E-state index >= 15 is 0 Å². The summed E-state index contributed by atoms with van der Waals surface area (Å²) in [7, 11) is 0. The van der Waals surface area contributed by atoms with Crippen LogP contribution in [0.2, 0.25) is 0 Å². The molecule has 1 amide bonds. The fraction of sp³-hybridized carbons (Fsp3) is 0.333. The molecule has 3 aromatic rings. The Kier molecular flexibility index (Phi) is 4.89. The van der Waals surface area contributed by atoms with Gasteiger partial charge in [0.2, 0.25) is 5.91 Å². The molecule has 1 unspecified atom stereocenters. The first-order valence-corrected chi connectivity index (χ1v) is 10.3. The maximum atomic E-state index is 12.1. The van der Waals surface area contributed by atoms with Crippen LogP contribution in [0.4, 0.5) is 0 Å². The molecule has 0 bridgehead atoms. The smallest absolute Gasteiger partial charge is 0.246 e. The molecule has 2 N–H and O–H groups in total. The summed E-state index contributed by atoms with van der Waals surface area (Å²) >= 11 is 0. The quantitative estimate of drug-likeness (QED) is 0.700. The van der Waals surface area contributed by atoms with E-state index in [1.54, 1.807) is 6.20 Å². The predicted octanol–water partition coefficient (Wildman–Crippen LogP) is 3.38. The molecule has 1 atom stereocenters. The van der Waals surface area contributed by atoms with Crippen molar-refractivity contribution in [3.8, 4) is 16.9 Å². The van der Waals surface area contributed by atoms with Crippen molar-refractivity contribution in [1.82, 2.24) is 10.3 Å². The van der Waals surface area contributed by atoms with E-state index in [-0.39, 0.29) is 17.6 Å². The number of nitrogens with one attached hydrogen (secondary N) is 1. The third-order valence-electron chi connectivity index (χ3n) is 6.16. The van der Waals surface area contributed by atoms with Crippen LogP contribution in [-0.2, 0) is 9.53 Å². The Morgan fingerprint density at radius 2 is 2.07 bits per heavy atom. The van der Waals surface area contributed by atoms with E-state index < -0.39 is 6.61 Å². The normalized spacial score (nSPS) is 19.8. The van der Waals surface area contributed by atoms with Crippen LogP contribution >= 0.6 is 0 Å². The number of aromatic nitrogens is 1. The zero-order valence-corrected chi connectivity index (χ0v) is 16.6. The topological polar surface area (TPSA) is 80.7 Å². The fourth-order valence-electron chi connectivity index (χ4n) is 4.63. The van der Waals surface area contributed by atoms with Crippen LogP contribution in [0, 0.1) is 0 Å². The van der Waals surface area contributed by atoms with Gasteiger partial charge in [-0.3, -0.25) is 9.78 Å². The van der Waals surface area contributed by atoms with Gasteiger partial charge in [-0.2, -0.15) is 0 Å². The molecule has 2 aliphatic rings. The molecule has 2 aromatic carbocycles. The lowest BCUT2D eigenvalue weighted by Crippen LogP contribution is -2.48. The lowest BCUT2D eigenvalue weighted by Gasteiger charge is -2.44. The largest absolute Gasteiger partial charge is 0.487 e. The van der Waals surface area contributed by atoms with E-state index in [2.05, 4.69) is 28.5 Å². The van der Waals surface area contributed by atoms with Crippen molar-refractivity contribution >= 4 is 16.7 Å². The van der Waals surface area contributed by atoms with Gasteiger partial charge >= 0.3 is 0 Å². The Bertz CT molecular complexity index is 1090. The van der Waals surface area contributed by atoms with Crippen molar-refractivity contribution in [3.05, 3.63) is 60.4 Å². The summed E-state index contributed by atoms with van der Waals surface area (Å²) in [6.45, 7) is 0.773. The van der Waals surface area contributed by atoms with E-state index in [1.807, 2.05) is 30.5 Å². The van der Waals surface area contributed by atoms with Gasteiger partial charge in [0.1, 0.15) is 18.0 Å². The molecule has 2 aliphatic heterocycles. The van der Waals surface area contributed by atoms with Gasteiger partial charge in [0.05, 0.1) is 19.3 Å². The van der Waals surface area contributed by atoms with E-state index in [9.17, 15) is 9.90 Å². The van der Waals surface area contributed by atoms with Gasteiger partial charge in [0.15, 0.2) is 0 Å². The zero-order valence-electron chi connectivity index (χ0n) is 16.6. The highest BCUT2D eigenvalue weighted by Crippen LogP contribution is 2.45. The van der Waals surface area contributed by atoms with Crippen LogP contribution in [0.5, 0.6) is 5.75 Å². The summed E-state index contributed by atoms with van der Waals surface area (Å²) in [6.07, 6.45) is 5.90. The SMILES string of the molecule is O=C(CO)NC1CC2(CCOCC2)Oc2ccc(-c3cccc4cnccc34)cc21. The molecule has 0 saturated carbocycles.